The SMILES string of the molecule is COc1cc(Br)c(CCn2cc(Br)c3c4cc(OC)c(OC(C)C)cc4oc(=O)c32)cc1OC(C)C. The first-order valence-electron chi connectivity index (χ1n) is 11.7. The maximum absolute atomic E-state index is 13.1. The van der Waals surface area contributed by atoms with Gasteiger partial charge < -0.3 is 27.9 Å². The molecule has 2 aromatic heterocycles. The van der Waals surface area contributed by atoms with E-state index in [4.69, 9.17) is 23.4 Å². The third-order valence-electron chi connectivity index (χ3n) is 5.64. The van der Waals surface area contributed by atoms with Crippen molar-refractivity contribution in [2.24, 2.45) is 0 Å². The number of aryl methyl sites for hydroxylation is 2. The molecule has 0 aliphatic rings. The normalized spacial score (nSPS) is 11.6. The number of hydrogen-bond acceptors (Lipinski definition) is 6. The number of benzene rings is 2. The lowest BCUT2D eigenvalue weighted by molar-refractivity contribution is 0.229. The fourth-order valence-corrected chi connectivity index (χ4v) is 5.33. The van der Waals surface area contributed by atoms with Gasteiger partial charge in [-0.05, 0) is 73.8 Å². The van der Waals surface area contributed by atoms with Crippen molar-refractivity contribution in [3.63, 3.8) is 0 Å². The van der Waals surface area contributed by atoms with Crippen LogP contribution in [-0.4, -0.2) is 31.0 Å². The molecule has 4 aromatic rings. The van der Waals surface area contributed by atoms with E-state index in [-0.39, 0.29) is 12.2 Å². The number of ether oxygens (including phenoxy) is 4. The summed E-state index contributed by atoms with van der Waals surface area (Å²) in [7, 11) is 3.21. The van der Waals surface area contributed by atoms with E-state index < -0.39 is 5.63 Å². The van der Waals surface area contributed by atoms with Crippen molar-refractivity contribution in [3.05, 3.63) is 55.4 Å². The van der Waals surface area contributed by atoms with Crippen molar-refractivity contribution in [2.75, 3.05) is 14.2 Å². The van der Waals surface area contributed by atoms with Crippen molar-refractivity contribution in [2.45, 2.75) is 52.9 Å². The molecular weight excluding hydrogens is 594 g/mol. The van der Waals surface area contributed by atoms with Gasteiger partial charge in [0.05, 0.1) is 26.4 Å². The van der Waals surface area contributed by atoms with Gasteiger partial charge in [-0.2, -0.15) is 0 Å². The van der Waals surface area contributed by atoms with Crippen molar-refractivity contribution in [1.82, 2.24) is 4.57 Å². The smallest absolute Gasteiger partial charge is 0.361 e. The van der Waals surface area contributed by atoms with Gasteiger partial charge in [0.25, 0.3) is 0 Å². The lowest BCUT2D eigenvalue weighted by Crippen LogP contribution is -2.10. The Bertz CT molecular complexity index is 1470. The second-order valence-electron chi connectivity index (χ2n) is 8.96. The van der Waals surface area contributed by atoms with Gasteiger partial charge in [0, 0.05) is 38.5 Å². The summed E-state index contributed by atoms with van der Waals surface area (Å²) in [6, 6.07) is 7.44. The van der Waals surface area contributed by atoms with E-state index in [0.717, 1.165) is 25.3 Å². The van der Waals surface area contributed by atoms with Crippen LogP contribution in [0.2, 0.25) is 0 Å². The second kappa shape index (κ2) is 10.8. The number of methoxy groups -OCH3 is 2. The molecule has 0 atom stereocenters. The van der Waals surface area contributed by atoms with Gasteiger partial charge >= 0.3 is 5.63 Å². The molecule has 36 heavy (non-hydrogen) atoms. The molecule has 0 aliphatic heterocycles. The number of rotatable bonds is 9. The first-order valence-corrected chi connectivity index (χ1v) is 13.2. The summed E-state index contributed by atoms with van der Waals surface area (Å²) >= 11 is 7.30. The van der Waals surface area contributed by atoms with Crippen molar-refractivity contribution in [1.29, 1.82) is 0 Å². The monoisotopic (exact) mass is 621 g/mol. The molecule has 0 unspecified atom stereocenters. The Hall–Kier alpha value is -2.65. The Morgan fingerprint density at radius 2 is 1.47 bits per heavy atom. The fraction of sp³-hybridized carbons (Fsp3) is 0.370. The predicted octanol–water partition coefficient (Wildman–Crippen LogP) is 7.11. The zero-order chi connectivity index (χ0) is 26.1. The molecule has 2 aromatic carbocycles. The molecule has 0 fully saturated rings. The van der Waals surface area contributed by atoms with Crippen molar-refractivity contribution < 1.29 is 23.4 Å². The minimum absolute atomic E-state index is 0.0126. The van der Waals surface area contributed by atoms with Gasteiger partial charge in [-0.15, -0.1) is 0 Å². The zero-order valence-corrected chi connectivity index (χ0v) is 24.3. The third kappa shape index (κ3) is 5.22. The molecule has 0 saturated heterocycles. The van der Waals surface area contributed by atoms with Crippen LogP contribution in [0.15, 0.2) is 48.6 Å². The molecule has 4 rings (SSSR count). The first kappa shape index (κ1) is 26.4. The van der Waals surface area contributed by atoms with Crippen LogP contribution >= 0.6 is 31.9 Å². The van der Waals surface area contributed by atoms with Crippen LogP contribution in [0.4, 0.5) is 0 Å². The van der Waals surface area contributed by atoms with E-state index in [1.54, 1.807) is 20.3 Å². The zero-order valence-electron chi connectivity index (χ0n) is 21.1. The molecule has 0 N–H and O–H groups in total. The average molecular weight is 623 g/mol. The molecule has 0 amide bonds. The van der Waals surface area contributed by atoms with Gasteiger partial charge in [-0.3, -0.25) is 0 Å². The van der Waals surface area contributed by atoms with Crippen molar-refractivity contribution in [3.8, 4) is 23.0 Å². The van der Waals surface area contributed by atoms with Crippen LogP contribution in [0.1, 0.15) is 33.3 Å². The Morgan fingerprint density at radius 3 is 2.08 bits per heavy atom. The Balaban J connectivity index is 1.76. The number of halogens is 2. The summed E-state index contributed by atoms with van der Waals surface area (Å²) in [5.74, 6) is 2.45. The van der Waals surface area contributed by atoms with E-state index >= 15 is 0 Å². The summed E-state index contributed by atoms with van der Waals surface area (Å²) in [5.41, 5.74) is 1.54. The Labute approximate surface area is 226 Å². The van der Waals surface area contributed by atoms with Gasteiger partial charge in [0.1, 0.15) is 11.1 Å². The van der Waals surface area contributed by atoms with Gasteiger partial charge in [0.2, 0.25) is 0 Å². The maximum atomic E-state index is 13.1. The Morgan fingerprint density at radius 1 is 0.861 bits per heavy atom. The average Bonchev–Trinajstić information content (AvgIpc) is 3.15. The summed E-state index contributed by atoms with van der Waals surface area (Å²) < 4.78 is 32.2. The van der Waals surface area contributed by atoms with E-state index in [1.807, 2.05) is 56.7 Å². The molecule has 2 heterocycles. The van der Waals surface area contributed by atoms with Crippen LogP contribution in [0.3, 0.4) is 0 Å². The molecule has 0 spiro atoms. The lowest BCUT2D eigenvalue weighted by atomic mass is 10.1. The molecule has 0 saturated carbocycles. The highest BCUT2D eigenvalue weighted by molar-refractivity contribution is 9.11. The largest absolute Gasteiger partial charge is 0.493 e. The number of aromatic nitrogens is 1. The van der Waals surface area contributed by atoms with Crippen molar-refractivity contribution >= 4 is 53.7 Å². The highest BCUT2D eigenvalue weighted by atomic mass is 79.9. The molecule has 0 radical (unpaired) electrons. The highest BCUT2D eigenvalue weighted by Crippen LogP contribution is 2.39. The van der Waals surface area contributed by atoms with E-state index in [2.05, 4.69) is 31.9 Å². The second-order valence-corrected chi connectivity index (χ2v) is 10.7. The topological polar surface area (TPSA) is 72.1 Å². The van der Waals surface area contributed by atoms with Crippen LogP contribution in [0.25, 0.3) is 21.9 Å². The van der Waals surface area contributed by atoms with E-state index in [0.29, 0.717) is 47.1 Å². The van der Waals surface area contributed by atoms with E-state index in [1.165, 1.54) is 0 Å². The molecular formula is C27H29Br2NO6. The minimum Gasteiger partial charge on any atom is -0.493 e. The van der Waals surface area contributed by atoms with Crippen LogP contribution in [0.5, 0.6) is 23.0 Å². The van der Waals surface area contributed by atoms with Gasteiger partial charge in [-0.25, -0.2) is 4.79 Å². The fourth-order valence-electron chi connectivity index (χ4n) is 4.16. The van der Waals surface area contributed by atoms with Gasteiger partial charge in [0.15, 0.2) is 23.0 Å². The van der Waals surface area contributed by atoms with E-state index in [9.17, 15) is 4.79 Å². The summed E-state index contributed by atoms with van der Waals surface area (Å²) in [5, 5.41) is 1.54. The molecule has 9 heteroatoms. The predicted molar refractivity (Wildman–Crippen MR) is 148 cm³/mol. The number of nitrogens with zero attached hydrogens (tertiary/aromatic N) is 1. The summed E-state index contributed by atoms with van der Waals surface area (Å²) in [6.45, 7) is 8.36. The Kier molecular flexibility index (Phi) is 7.90. The number of fused-ring (bicyclic) bond motifs is 3. The van der Waals surface area contributed by atoms with Crippen LogP contribution < -0.4 is 24.6 Å². The highest BCUT2D eigenvalue weighted by Gasteiger charge is 2.20. The first-order chi connectivity index (χ1) is 17.1. The molecule has 192 valence electrons. The molecule has 0 bridgehead atoms. The number of hydrogen-bond donors (Lipinski definition) is 0. The molecule has 0 aliphatic carbocycles. The van der Waals surface area contributed by atoms with Gasteiger partial charge in [-0.1, -0.05) is 15.9 Å². The van der Waals surface area contributed by atoms with Crippen LogP contribution in [0, 0.1) is 0 Å². The third-order valence-corrected chi connectivity index (χ3v) is 6.98. The minimum atomic E-state index is -0.415. The summed E-state index contributed by atoms with van der Waals surface area (Å²) in [6.07, 6.45) is 2.52. The maximum Gasteiger partial charge on any atom is 0.361 e. The molecule has 7 nitrogen and oxygen atoms in total. The standard InChI is InChI=1S/C27H29Br2NO6/c1-14(2)34-23-9-16(18(28)11-22(23)33-6)7-8-30-13-19(29)25-17-10-21(32-5)24(35-15(3)4)12-20(17)36-27(31)26(25)30/h9-15H,7-8H2,1-6H3. The quantitative estimate of drug-likeness (QED) is 0.185. The lowest BCUT2D eigenvalue weighted by Gasteiger charge is -2.16. The summed E-state index contributed by atoms with van der Waals surface area (Å²) in [4.78, 5) is 13.1. The van der Waals surface area contributed by atoms with Crippen LogP contribution in [-0.2, 0) is 13.0 Å².